The van der Waals surface area contributed by atoms with Crippen molar-refractivity contribution < 1.29 is 0 Å². The van der Waals surface area contributed by atoms with E-state index in [4.69, 9.17) is 0 Å². The average molecular weight is 214 g/mol. The summed E-state index contributed by atoms with van der Waals surface area (Å²) in [5, 5.41) is 3.50. The molecule has 0 aliphatic carbocycles. The van der Waals surface area contributed by atoms with Crippen molar-refractivity contribution >= 4 is 0 Å². The second-order valence-corrected chi connectivity index (χ2v) is 5.08. The molecule has 2 heteroatoms. The van der Waals surface area contributed by atoms with E-state index in [9.17, 15) is 0 Å². The van der Waals surface area contributed by atoms with Crippen LogP contribution in [0.4, 0.5) is 0 Å². The summed E-state index contributed by atoms with van der Waals surface area (Å²) < 4.78 is 0. The van der Waals surface area contributed by atoms with Crippen LogP contribution in [0.2, 0.25) is 0 Å². The van der Waals surface area contributed by atoms with Gasteiger partial charge in [-0.1, -0.05) is 34.6 Å². The molecule has 1 unspecified atom stereocenters. The van der Waals surface area contributed by atoms with Crippen molar-refractivity contribution in [2.45, 2.75) is 59.5 Å². The lowest BCUT2D eigenvalue weighted by Gasteiger charge is -2.29. The fourth-order valence-electron chi connectivity index (χ4n) is 2.05. The molecule has 0 bridgehead atoms. The molecule has 1 N–H and O–H groups in total. The van der Waals surface area contributed by atoms with Gasteiger partial charge in [-0.3, -0.25) is 0 Å². The molecule has 0 fully saturated rings. The number of hydrogen-bond donors (Lipinski definition) is 1. The maximum absolute atomic E-state index is 3.50. The maximum atomic E-state index is 3.50. The van der Waals surface area contributed by atoms with Gasteiger partial charge in [-0.2, -0.15) is 0 Å². The smallest absolute Gasteiger partial charge is 0.00870 e. The molecule has 0 aromatic carbocycles. The highest BCUT2D eigenvalue weighted by Gasteiger charge is 2.13. The van der Waals surface area contributed by atoms with Gasteiger partial charge in [0, 0.05) is 18.6 Å². The standard InChI is InChI=1S/C13H30N2/c1-7-13(8-2)15(6)10-12(5)9-14-11(3)4/h11-14H,7-10H2,1-6H3. The summed E-state index contributed by atoms with van der Waals surface area (Å²) in [6.45, 7) is 13.6. The van der Waals surface area contributed by atoms with Gasteiger partial charge in [-0.05, 0) is 32.4 Å². The third-order valence-electron chi connectivity index (χ3n) is 3.04. The van der Waals surface area contributed by atoms with Gasteiger partial charge in [0.15, 0.2) is 0 Å². The van der Waals surface area contributed by atoms with Crippen LogP contribution in [0.1, 0.15) is 47.5 Å². The predicted octanol–water partition coefficient (Wildman–Crippen LogP) is 2.74. The highest BCUT2D eigenvalue weighted by molar-refractivity contribution is 4.69. The van der Waals surface area contributed by atoms with Gasteiger partial charge in [-0.25, -0.2) is 0 Å². The summed E-state index contributed by atoms with van der Waals surface area (Å²) in [7, 11) is 2.25. The monoisotopic (exact) mass is 214 g/mol. The zero-order valence-electron chi connectivity index (χ0n) is 11.5. The summed E-state index contributed by atoms with van der Waals surface area (Å²) in [4.78, 5) is 2.51. The van der Waals surface area contributed by atoms with Gasteiger partial charge in [0.05, 0.1) is 0 Å². The predicted molar refractivity (Wildman–Crippen MR) is 69.3 cm³/mol. The Labute approximate surface area is 96.4 Å². The molecule has 0 aromatic rings. The Balaban J connectivity index is 3.78. The molecule has 2 nitrogen and oxygen atoms in total. The average Bonchev–Trinajstić information content (AvgIpc) is 2.16. The lowest BCUT2D eigenvalue weighted by Crippen LogP contribution is -2.38. The minimum atomic E-state index is 0.603. The molecule has 0 amide bonds. The van der Waals surface area contributed by atoms with E-state index in [-0.39, 0.29) is 0 Å². The van der Waals surface area contributed by atoms with Crippen LogP contribution >= 0.6 is 0 Å². The van der Waals surface area contributed by atoms with Crippen molar-refractivity contribution in [1.29, 1.82) is 0 Å². The Hall–Kier alpha value is -0.0800. The summed E-state index contributed by atoms with van der Waals surface area (Å²) in [5.41, 5.74) is 0. The van der Waals surface area contributed by atoms with Crippen molar-refractivity contribution in [2.24, 2.45) is 5.92 Å². The van der Waals surface area contributed by atoms with E-state index in [1.807, 2.05) is 0 Å². The Bertz CT molecular complexity index is 141. The highest BCUT2D eigenvalue weighted by Crippen LogP contribution is 2.08. The topological polar surface area (TPSA) is 15.3 Å². The molecule has 0 aliphatic rings. The van der Waals surface area contributed by atoms with Crippen molar-refractivity contribution in [3.63, 3.8) is 0 Å². The first-order chi connectivity index (χ1) is 7.01. The number of hydrogen-bond acceptors (Lipinski definition) is 2. The summed E-state index contributed by atoms with van der Waals surface area (Å²) in [6.07, 6.45) is 2.52. The Kier molecular flexibility index (Phi) is 8.07. The molecular weight excluding hydrogens is 184 g/mol. The number of nitrogens with zero attached hydrogens (tertiary/aromatic N) is 1. The van der Waals surface area contributed by atoms with Crippen LogP contribution in [0.5, 0.6) is 0 Å². The van der Waals surface area contributed by atoms with E-state index in [0.717, 1.165) is 18.5 Å². The molecule has 0 aromatic heterocycles. The van der Waals surface area contributed by atoms with Gasteiger partial charge >= 0.3 is 0 Å². The largest absolute Gasteiger partial charge is 0.314 e. The normalized spacial score (nSPS) is 14.2. The molecule has 0 heterocycles. The van der Waals surface area contributed by atoms with E-state index in [0.29, 0.717) is 6.04 Å². The molecule has 15 heavy (non-hydrogen) atoms. The van der Waals surface area contributed by atoms with E-state index in [2.05, 4.69) is 51.9 Å². The Morgan fingerprint density at radius 2 is 1.60 bits per heavy atom. The summed E-state index contributed by atoms with van der Waals surface area (Å²) >= 11 is 0. The Morgan fingerprint density at radius 3 is 2.00 bits per heavy atom. The first-order valence-corrected chi connectivity index (χ1v) is 6.44. The second-order valence-electron chi connectivity index (χ2n) is 5.08. The van der Waals surface area contributed by atoms with E-state index in [1.54, 1.807) is 0 Å². The van der Waals surface area contributed by atoms with Crippen molar-refractivity contribution in [3.05, 3.63) is 0 Å². The van der Waals surface area contributed by atoms with Crippen LogP contribution in [-0.4, -0.2) is 37.1 Å². The minimum Gasteiger partial charge on any atom is -0.314 e. The van der Waals surface area contributed by atoms with Gasteiger partial charge in [0.25, 0.3) is 0 Å². The maximum Gasteiger partial charge on any atom is 0.00870 e. The van der Waals surface area contributed by atoms with Crippen LogP contribution in [0.25, 0.3) is 0 Å². The Morgan fingerprint density at radius 1 is 1.07 bits per heavy atom. The van der Waals surface area contributed by atoms with Crippen LogP contribution in [0, 0.1) is 5.92 Å². The SMILES string of the molecule is CCC(CC)N(C)CC(C)CNC(C)C. The van der Waals surface area contributed by atoms with Crippen LogP contribution in [0.15, 0.2) is 0 Å². The van der Waals surface area contributed by atoms with Crippen molar-refractivity contribution in [2.75, 3.05) is 20.1 Å². The number of rotatable bonds is 8. The first-order valence-electron chi connectivity index (χ1n) is 6.44. The first kappa shape index (κ1) is 14.9. The highest BCUT2D eigenvalue weighted by atomic mass is 15.1. The molecule has 0 radical (unpaired) electrons. The molecule has 0 rings (SSSR count). The molecular formula is C13H30N2. The van der Waals surface area contributed by atoms with Gasteiger partial charge in [-0.15, -0.1) is 0 Å². The third-order valence-corrected chi connectivity index (χ3v) is 3.04. The van der Waals surface area contributed by atoms with Gasteiger partial charge in [0.1, 0.15) is 0 Å². The summed E-state index contributed by atoms with van der Waals surface area (Å²) in [5.74, 6) is 0.734. The van der Waals surface area contributed by atoms with E-state index >= 15 is 0 Å². The molecule has 1 atom stereocenters. The molecule has 0 saturated carbocycles. The van der Waals surface area contributed by atoms with Crippen LogP contribution in [0.3, 0.4) is 0 Å². The fraction of sp³-hybridized carbons (Fsp3) is 1.00. The zero-order valence-corrected chi connectivity index (χ0v) is 11.5. The minimum absolute atomic E-state index is 0.603. The quantitative estimate of drug-likeness (QED) is 0.668. The second kappa shape index (κ2) is 8.12. The lowest BCUT2D eigenvalue weighted by molar-refractivity contribution is 0.198. The van der Waals surface area contributed by atoms with E-state index in [1.165, 1.54) is 19.4 Å². The van der Waals surface area contributed by atoms with Crippen molar-refractivity contribution in [1.82, 2.24) is 10.2 Å². The zero-order chi connectivity index (χ0) is 11.8. The lowest BCUT2D eigenvalue weighted by atomic mass is 10.1. The fourth-order valence-corrected chi connectivity index (χ4v) is 2.05. The molecule has 0 aliphatic heterocycles. The molecule has 0 saturated heterocycles. The third kappa shape index (κ3) is 6.91. The molecule has 92 valence electrons. The van der Waals surface area contributed by atoms with Gasteiger partial charge < -0.3 is 10.2 Å². The van der Waals surface area contributed by atoms with Crippen LogP contribution < -0.4 is 5.32 Å². The van der Waals surface area contributed by atoms with E-state index < -0.39 is 0 Å². The summed E-state index contributed by atoms with van der Waals surface area (Å²) in [6, 6.07) is 1.36. The van der Waals surface area contributed by atoms with Crippen molar-refractivity contribution in [3.8, 4) is 0 Å². The number of nitrogens with one attached hydrogen (secondary N) is 1. The molecule has 0 spiro atoms. The van der Waals surface area contributed by atoms with Gasteiger partial charge in [0.2, 0.25) is 0 Å². The van der Waals surface area contributed by atoms with Crippen LogP contribution in [-0.2, 0) is 0 Å².